The minimum absolute atomic E-state index is 0.902. The topological polar surface area (TPSA) is 0 Å². The SMILES string of the molecule is C[Si](C)(C)C#CC1=c2sc3c(sc4c5c(sc43)=C(C#CS(C)(C)C)c3ccccc3-5)c2-c2ccccc21. The van der Waals surface area contributed by atoms with Gasteiger partial charge in [0.15, 0.2) is 0 Å². The van der Waals surface area contributed by atoms with Crippen molar-refractivity contribution in [1.82, 2.24) is 0 Å². The molecule has 3 aromatic heterocycles. The van der Waals surface area contributed by atoms with E-state index in [0.717, 1.165) is 0 Å². The van der Waals surface area contributed by atoms with Crippen LogP contribution in [0.4, 0.5) is 0 Å². The van der Waals surface area contributed by atoms with Crippen LogP contribution in [0.25, 0.3) is 52.2 Å². The molecule has 0 amide bonds. The molecule has 182 valence electrons. The van der Waals surface area contributed by atoms with E-state index in [2.05, 4.69) is 110 Å². The summed E-state index contributed by atoms with van der Waals surface area (Å²) in [4.78, 5) is 0. The minimum Gasteiger partial charge on any atom is -0.186 e. The molecule has 5 heteroatoms. The molecule has 0 spiro atoms. The average molecular weight is 567 g/mol. The van der Waals surface area contributed by atoms with E-state index in [-0.39, 0.29) is 0 Å². The molecule has 0 saturated carbocycles. The molecule has 0 bridgehead atoms. The number of thiophene rings is 3. The van der Waals surface area contributed by atoms with Gasteiger partial charge in [0.2, 0.25) is 0 Å². The van der Waals surface area contributed by atoms with Gasteiger partial charge in [-0.25, -0.2) is 0 Å². The van der Waals surface area contributed by atoms with Gasteiger partial charge >= 0.3 is 0 Å². The van der Waals surface area contributed by atoms with Crippen molar-refractivity contribution in [2.24, 2.45) is 0 Å². The Morgan fingerprint density at radius 2 is 1.05 bits per heavy atom. The van der Waals surface area contributed by atoms with E-state index >= 15 is 0 Å². The second-order valence-electron chi connectivity index (χ2n) is 11.4. The highest BCUT2D eigenvalue weighted by Gasteiger charge is 2.30. The smallest absolute Gasteiger partial charge is 0.129 e. The van der Waals surface area contributed by atoms with Crippen LogP contribution in [0.2, 0.25) is 19.6 Å². The standard InChI is InChI=1S/C32H26S4Si/c1-36(2,3)17-15-23-19-11-7-9-13-21(19)25-27(23)33-31-29(25)35-30-26-22-14-10-8-12-20(22)24(16-18-37(4,5)6)28(26)34-32(30)31/h7-14H,1-6H3. The summed E-state index contributed by atoms with van der Waals surface area (Å²) in [6, 6.07) is 17.7. The lowest BCUT2D eigenvalue weighted by molar-refractivity contribution is 1.66. The van der Waals surface area contributed by atoms with Crippen LogP contribution in [0.5, 0.6) is 0 Å². The van der Waals surface area contributed by atoms with E-state index in [1.54, 1.807) is 0 Å². The Bertz CT molecular complexity index is 1910. The summed E-state index contributed by atoms with van der Waals surface area (Å²) in [6.07, 6.45) is 6.80. The molecule has 37 heavy (non-hydrogen) atoms. The Hall–Kier alpha value is -2.51. The monoisotopic (exact) mass is 566 g/mol. The molecule has 2 aromatic carbocycles. The van der Waals surface area contributed by atoms with Gasteiger partial charge in [0, 0.05) is 16.7 Å². The molecule has 0 aliphatic heterocycles. The molecule has 0 nitrogen and oxygen atoms in total. The second-order valence-corrected chi connectivity index (χ2v) is 23.1. The maximum absolute atomic E-state index is 3.65. The predicted octanol–water partition coefficient (Wildman–Crippen LogP) is 8.07. The lowest BCUT2D eigenvalue weighted by atomic mass is 10.0. The van der Waals surface area contributed by atoms with Gasteiger partial charge in [-0.3, -0.25) is 0 Å². The molecule has 2 aliphatic rings. The van der Waals surface area contributed by atoms with Crippen molar-refractivity contribution in [3.05, 3.63) is 68.7 Å². The van der Waals surface area contributed by atoms with Crippen molar-refractivity contribution in [3.63, 3.8) is 0 Å². The van der Waals surface area contributed by atoms with Gasteiger partial charge in [-0.05, 0) is 46.3 Å². The van der Waals surface area contributed by atoms with E-state index in [0.29, 0.717) is 0 Å². The van der Waals surface area contributed by atoms with Gasteiger partial charge in [0.25, 0.3) is 0 Å². The molecule has 0 radical (unpaired) electrons. The highest BCUT2D eigenvalue weighted by molar-refractivity contribution is 8.36. The van der Waals surface area contributed by atoms with E-state index in [9.17, 15) is 0 Å². The molecular formula is C32H26S4Si. The largest absolute Gasteiger partial charge is 0.186 e. The van der Waals surface area contributed by atoms with E-state index in [1.807, 2.05) is 34.0 Å². The molecule has 0 atom stereocenters. The highest BCUT2D eigenvalue weighted by atomic mass is 32.3. The molecule has 0 N–H and O–H groups in total. The molecule has 5 aromatic rings. The van der Waals surface area contributed by atoms with Crippen LogP contribution < -0.4 is 9.06 Å². The summed E-state index contributed by atoms with van der Waals surface area (Å²) in [5, 5.41) is 3.59. The summed E-state index contributed by atoms with van der Waals surface area (Å²) in [6.45, 7) is 6.96. The molecule has 2 aliphatic carbocycles. The van der Waals surface area contributed by atoms with Gasteiger partial charge in [0.1, 0.15) is 8.07 Å². The lowest BCUT2D eigenvalue weighted by Gasteiger charge is -2.15. The van der Waals surface area contributed by atoms with Crippen LogP contribution in [-0.2, 0) is 0 Å². The normalized spacial score (nSPS) is 14.1. The number of hydrogen-bond acceptors (Lipinski definition) is 3. The number of rotatable bonds is 0. The first-order valence-electron chi connectivity index (χ1n) is 12.3. The summed E-state index contributed by atoms with van der Waals surface area (Å²) < 4.78 is 8.43. The van der Waals surface area contributed by atoms with Crippen molar-refractivity contribution < 1.29 is 0 Å². The predicted molar refractivity (Wildman–Crippen MR) is 174 cm³/mol. The number of fused-ring (bicyclic) bond motifs is 11. The molecule has 0 unspecified atom stereocenters. The third-order valence-electron chi connectivity index (χ3n) is 6.57. The highest BCUT2D eigenvalue weighted by Crippen LogP contribution is 2.51. The van der Waals surface area contributed by atoms with Crippen molar-refractivity contribution in [3.8, 4) is 44.9 Å². The number of benzene rings is 2. The van der Waals surface area contributed by atoms with E-state index in [1.165, 1.54) is 72.4 Å². The Balaban J connectivity index is 1.57. The molecule has 0 saturated heterocycles. The zero-order valence-electron chi connectivity index (χ0n) is 21.8. The quantitative estimate of drug-likeness (QED) is 0.131. The van der Waals surface area contributed by atoms with Gasteiger partial charge in [-0.1, -0.05) is 80.0 Å². The van der Waals surface area contributed by atoms with Crippen molar-refractivity contribution in [1.29, 1.82) is 0 Å². The summed E-state index contributed by atoms with van der Waals surface area (Å²) in [5.74, 6) is 7.28. The zero-order chi connectivity index (χ0) is 25.7. The molecule has 3 heterocycles. The van der Waals surface area contributed by atoms with Crippen LogP contribution in [0.15, 0.2) is 48.5 Å². The fraction of sp³-hybridized carbons (Fsp3) is 0.188. The molecular weight excluding hydrogens is 541 g/mol. The summed E-state index contributed by atoms with van der Waals surface area (Å²) in [5.41, 5.74) is 14.2. The Morgan fingerprint density at radius 3 is 1.51 bits per heavy atom. The summed E-state index contributed by atoms with van der Waals surface area (Å²) >= 11 is 5.87. The van der Waals surface area contributed by atoms with Crippen LogP contribution >= 0.6 is 44.0 Å². The first-order chi connectivity index (χ1) is 17.6. The first-order valence-corrected chi connectivity index (χ1v) is 21.1. The molecule has 7 rings (SSSR count). The maximum Gasteiger partial charge on any atom is 0.129 e. The van der Waals surface area contributed by atoms with Crippen molar-refractivity contribution in [2.45, 2.75) is 19.6 Å². The Kier molecular flexibility index (Phi) is 5.10. The van der Waals surface area contributed by atoms with Gasteiger partial charge in [0.05, 0.1) is 33.4 Å². The van der Waals surface area contributed by atoms with Crippen LogP contribution in [0.3, 0.4) is 0 Å². The third kappa shape index (κ3) is 3.64. The molecule has 0 fully saturated rings. The summed E-state index contributed by atoms with van der Waals surface area (Å²) in [7, 11) is -2.39. The van der Waals surface area contributed by atoms with Gasteiger partial charge < -0.3 is 0 Å². The Labute approximate surface area is 232 Å². The van der Waals surface area contributed by atoms with Gasteiger partial charge in [-0.2, -0.15) is 10.0 Å². The first kappa shape index (κ1) is 23.6. The Morgan fingerprint density at radius 1 is 0.595 bits per heavy atom. The fourth-order valence-corrected chi connectivity index (χ4v) is 10.5. The van der Waals surface area contributed by atoms with Crippen LogP contribution in [0, 0.1) is 22.6 Å². The van der Waals surface area contributed by atoms with E-state index < -0.39 is 18.1 Å². The van der Waals surface area contributed by atoms with Gasteiger partial charge in [-0.15, -0.1) is 39.6 Å². The van der Waals surface area contributed by atoms with Crippen LogP contribution in [-0.4, -0.2) is 26.8 Å². The fourth-order valence-electron chi connectivity index (χ4n) is 5.05. The van der Waals surface area contributed by atoms with E-state index in [4.69, 9.17) is 0 Å². The lowest BCUT2D eigenvalue weighted by Crippen LogP contribution is -2.16. The van der Waals surface area contributed by atoms with Crippen molar-refractivity contribution in [2.75, 3.05) is 18.8 Å². The maximum atomic E-state index is 3.65. The minimum atomic E-state index is -1.48. The third-order valence-corrected chi connectivity index (χ3v) is 12.2. The average Bonchev–Trinajstić information content (AvgIpc) is 3.58. The van der Waals surface area contributed by atoms with Crippen LogP contribution in [0.1, 0.15) is 11.1 Å². The second kappa shape index (κ2) is 8.00. The number of hydrogen-bond donors (Lipinski definition) is 0. The zero-order valence-corrected chi connectivity index (χ0v) is 26.0. The van der Waals surface area contributed by atoms with Crippen molar-refractivity contribution >= 4 is 82.1 Å².